The molecule has 0 spiro atoms. The molecule has 30 heavy (non-hydrogen) atoms. The van der Waals surface area contributed by atoms with E-state index in [0.717, 1.165) is 12.1 Å². The highest BCUT2D eigenvalue weighted by Gasteiger charge is 2.25. The molecule has 3 N–H and O–H groups in total. The molecule has 0 heterocycles. The maximum Gasteiger partial charge on any atom is 0.387 e. The molecular weight excluding hydrogens is 476 g/mol. The van der Waals surface area contributed by atoms with Crippen LogP contribution >= 0.6 is 15.9 Å². The Balaban J connectivity index is 2.41. The van der Waals surface area contributed by atoms with E-state index in [9.17, 15) is 27.2 Å². The number of carboxylic acid groups (broad SMARTS) is 1. The van der Waals surface area contributed by atoms with Crippen LogP contribution in [-0.4, -0.2) is 30.1 Å². The second-order valence-corrected chi connectivity index (χ2v) is 7.41. The number of hydrogen-bond acceptors (Lipinski definition) is 4. The number of benzene rings is 2. The third-order valence-electron chi connectivity index (χ3n) is 3.87. The first-order valence-corrected chi connectivity index (χ1v) is 9.22. The van der Waals surface area contributed by atoms with Crippen molar-refractivity contribution in [3.63, 3.8) is 0 Å². The van der Waals surface area contributed by atoms with Gasteiger partial charge in [-0.25, -0.2) is 8.78 Å². The lowest BCUT2D eigenvalue weighted by molar-refractivity contribution is -0.134. The standard InChI is InChI=1S/C19H17BrF4N2O4/c1-19(2,24)9-6-11(20)16(13(7-9)30-18(22)23)26-17(29)10-4-3-5-12(15(10)21)25-8-14(27)28/h3-7,18,25H,8H2,1-2H3,(H,26,29)(H,27,28). The third-order valence-corrected chi connectivity index (χ3v) is 4.49. The van der Waals surface area contributed by atoms with E-state index in [1.165, 1.54) is 32.0 Å². The predicted octanol–water partition coefficient (Wildman–Crippen LogP) is 5.14. The number of amides is 1. The Bertz CT molecular complexity index is 964. The van der Waals surface area contributed by atoms with Crippen LogP contribution < -0.4 is 15.4 Å². The number of carbonyl (C=O) groups is 2. The van der Waals surface area contributed by atoms with Crippen molar-refractivity contribution in [3.8, 4) is 5.75 Å². The van der Waals surface area contributed by atoms with Gasteiger partial charge in [-0.3, -0.25) is 9.59 Å². The van der Waals surface area contributed by atoms with Gasteiger partial charge < -0.3 is 20.5 Å². The van der Waals surface area contributed by atoms with E-state index in [4.69, 9.17) is 5.11 Å². The highest BCUT2D eigenvalue weighted by atomic mass is 79.9. The van der Waals surface area contributed by atoms with Crippen LogP contribution in [0.4, 0.5) is 28.9 Å². The lowest BCUT2D eigenvalue weighted by Crippen LogP contribution is -2.19. The minimum atomic E-state index is -3.26. The molecule has 2 aromatic carbocycles. The van der Waals surface area contributed by atoms with Crippen molar-refractivity contribution in [2.24, 2.45) is 0 Å². The number of hydrogen-bond donors (Lipinski definition) is 3. The summed E-state index contributed by atoms with van der Waals surface area (Å²) in [5.74, 6) is -3.81. The largest absolute Gasteiger partial charge is 0.480 e. The topological polar surface area (TPSA) is 87.7 Å². The molecule has 2 aromatic rings. The molecule has 0 aliphatic heterocycles. The molecule has 11 heteroatoms. The molecule has 162 valence electrons. The van der Waals surface area contributed by atoms with Gasteiger partial charge in [0.15, 0.2) is 11.6 Å². The SMILES string of the molecule is CC(C)(F)c1cc(Br)c(NC(=O)c2cccc(NCC(=O)O)c2F)c(OC(F)F)c1. The van der Waals surface area contributed by atoms with Crippen LogP contribution in [0.3, 0.4) is 0 Å². The van der Waals surface area contributed by atoms with E-state index in [0.29, 0.717) is 0 Å². The van der Waals surface area contributed by atoms with E-state index in [2.05, 4.69) is 31.3 Å². The Morgan fingerprint density at radius 2 is 1.93 bits per heavy atom. The highest BCUT2D eigenvalue weighted by molar-refractivity contribution is 9.10. The fourth-order valence-corrected chi connectivity index (χ4v) is 2.97. The van der Waals surface area contributed by atoms with Crippen molar-refractivity contribution >= 4 is 39.2 Å². The molecule has 0 fully saturated rings. The van der Waals surface area contributed by atoms with Gasteiger partial charge in [0.05, 0.1) is 16.9 Å². The quantitative estimate of drug-likeness (QED) is 0.444. The summed E-state index contributed by atoms with van der Waals surface area (Å²) in [6.45, 7) is -1.42. The van der Waals surface area contributed by atoms with Crippen LogP contribution in [0.25, 0.3) is 0 Å². The number of carboxylic acids is 1. The number of halogens is 5. The minimum absolute atomic E-state index is 0.00840. The number of nitrogens with one attached hydrogen (secondary N) is 2. The lowest BCUT2D eigenvalue weighted by atomic mass is 9.99. The van der Waals surface area contributed by atoms with Crippen LogP contribution in [0.5, 0.6) is 5.75 Å². The van der Waals surface area contributed by atoms with Gasteiger partial charge in [0, 0.05) is 4.47 Å². The minimum Gasteiger partial charge on any atom is -0.480 e. The normalized spacial score (nSPS) is 11.3. The first kappa shape index (κ1) is 23.5. The molecule has 0 aliphatic carbocycles. The van der Waals surface area contributed by atoms with Gasteiger partial charge >= 0.3 is 12.6 Å². The zero-order chi connectivity index (χ0) is 22.6. The van der Waals surface area contributed by atoms with Crippen LogP contribution in [0.1, 0.15) is 29.8 Å². The van der Waals surface area contributed by atoms with Crippen LogP contribution in [-0.2, 0) is 10.5 Å². The summed E-state index contributed by atoms with van der Waals surface area (Å²) in [6, 6.07) is 5.94. The van der Waals surface area contributed by atoms with Gasteiger partial charge in [0.2, 0.25) is 0 Å². The number of alkyl halides is 3. The van der Waals surface area contributed by atoms with E-state index in [1.54, 1.807) is 0 Å². The summed E-state index contributed by atoms with van der Waals surface area (Å²) in [5, 5.41) is 13.3. The summed E-state index contributed by atoms with van der Waals surface area (Å²) in [6.07, 6.45) is 0. The van der Waals surface area contributed by atoms with Crippen molar-refractivity contribution < 1.29 is 37.0 Å². The average Bonchev–Trinajstić information content (AvgIpc) is 2.61. The Kier molecular flexibility index (Phi) is 7.30. The van der Waals surface area contributed by atoms with Crippen LogP contribution in [0.15, 0.2) is 34.8 Å². The molecule has 0 saturated heterocycles. The van der Waals surface area contributed by atoms with Crippen molar-refractivity contribution in [1.82, 2.24) is 0 Å². The number of anilines is 2. The summed E-state index contributed by atoms with van der Waals surface area (Å²) in [5.41, 5.74) is -2.84. The first-order chi connectivity index (χ1) is 13.9. The van der Waals surface area contributed by atoms with E-state index >= 15 is 0 Å². The zero-order valence-electron chi connectivity index (χ0n) is 15.7. The Morgan fingerprint density at radius 1 is 1.27 bits per heavy atom. The summed E-state index contributed by atoms with van der Waals surface area (Å²) in [4.78, 5) is 23.2. The summed E-state index contributed by atoms with van der Waals surface area (Å²) < 4.78 is 58.9. The molecule has 1 amide bonds. The Hall–Kier alpha value is -2.82. The van der Waals surface area contributed by atoms with Gasteiger partial charge in [-0.05, 0) is 59.6 Å². The van der Waals surface area contributed by atoms with Crippen molar-refractivity contribution in [2.75, 3.05) is 17.2 Å². The highest BCUT2D eigenvalue weighted by Crippen LogP contribution is 2.39. The molecule has 0 aliphatic rings. The molecule has 6 nitrogen and oxygen atoms in total. The number of ether oxygens (including phenoxy) is 1. The van der Waals surface area contributed by atoms with Gasteiger partial charge in [-0.1, -0.05) is 6.07 Å². The molecule has 0 aromatic heterocycles. The number of rotatable bonds is 8. The first-order valence-electron chi connectivity index (χ1n) is 8.43. The number of carbonyl (C=O) groups excluding carboxylic acids is 1. The molecule has 0 unspecified atom stereocenters. The van der Waals surface area contributed by atoms with Crippen molar-refractivity contribution in [2.45, 2.75) is 26.1 Å². The third kappa shape index (κ3) is 5.85. The molecule has 0 atom stereocenters. The Labute approximate surface area is 177 Å². The second-order valence-electron chi connectivity index (χ2n) is 6.55. The fourth-order valence-electron chi connectivity index (χ4n) is 2.43. The van der Waals surface area contributed by atoms with Gasteiger partial charge in [0.25, 0.3) is 5.91 Å². The molecule has 2 rings (SSSR count). The molecule has 0 bridgehead atoms. The monoisotopic (exact) mass is 492 g/mol. The maximum absolute atomic E-state index is 14.6. The summed E-state index contributed by atoms with van der Waals surface area (Å²) >= 11 is 3.08. The van der Waals surface area contributed by atoms with Crippen LogP contribution in [0.2, 0.25) is 0 Å². The Morgan fingerprint density at radius 3 is 2.50 bits per heavy atom. The maximum atomic E-state index is 14.6. The van der Waals surface area contributed by atoms with Gasteiger partial charge in [-0.15, -0.1) is 0 Å². The van der Waals surface area contributed by atoms with E-state index < -0.39 is 47.8 Å². The predicted molar refractivity (Wildman–Crippen MR) is 105 cm³/mol. The van der Waals surface area contributed by atoms with Crippen molar-refractivity contribution in [1.29, 1.82) is 0 Å². The van der Waals surface area contributed by atoms with Crippen LogP contribution in [0, 0.1) is 5.82 Å². The fraction of sp³-hybridized carbons (Fsp3) is 0.263. The smallest absolute Gasteiger partial charge is 0.387 e. The molecular formula is C19H17BrF4N2O4. The number of aliphatic carboxylic acids is 1. The zero-order valence-corrected chi connectivity index (χ0v) is 17.3. The second kappa shape index (κ2) is 9.33. The molecule has 0 radical (unpaired) electrons. The van der Waals surface area contributed by atoms with Gasteiger partial charge in [0.1, 0.15) is 12.2 Å². The van der Waals surface area contributed by atoms with Crippen molar-refractivity contribution in [3.05, 3.63) is 51.7 Å². The summed E-state index contributed by atoms with van der Waals surface area (Å²) in [7, 11) is 0. The van der Waals surface area contributed by atoms with E-state index in [-0.39, 0.29) is 21.4 Å². The molecule has 0 saturated carbocycles. The lowest BCUT2D eigenvalue weighted by Gasteiger charge is -2.20. The average molecular weight is 493 g/mol. The van der Waals surface area contributed by atoms with E-state index in [1.807, 2.05) is 0 Å². The van der Waals surface area contributed by atoms with Gasteiger partial charge in [-0.2, -0.15) is 8.78 Å².